The van der Waals surface area contributed by atoms with Gasteiger partial charge >= 0.3 is 6.01 Å². The van der Waals surface area contributed by atoms with Crippen molar-refractivity contribution in [2.24, 2.45) is 0 Å². The van der Waals surface area contributed by atoms with Gasteiger partial charge < -0.3 is 9.73 Å². The van der Waals surface area contributed by atoms with Crippen molar-refractivity contribution in [2.75, 3.05) is 0 Å². The average Bonchev–Trinajstić information content (AvgIpc) is 2.82. The molecule has 0 radical (unpaired) electrons. The summed E-state index contributed by atoms with van der Waals surface area (Å²) in [6, 6.07) is 1.28. The van der Waals surface area contributed by atoms with Crippen molar-refractivity contribution in [2.45, 2.75) is 32.4 Å². The van der Waals surface area contributed by atoms with Crippen LogP contribution >= 0.6 is 0 Å². The van der Waals surface area contributed by atoms with Crippen molar-refractivity contribution in [1.82, 2.24) is 19.9 Å². The van der Waals surface area contributed by atoms with E-state index in [9.17, 15) is 0 Å². The molecule has 2 heterocycles. The Morgan fingerprint density at radius 1 is 1.56 bits per heavy atom. The van der Waals surface area contributed by atoms with Crippen LogP contribution in [-0.4, -0.2) is 20.6 Å². The summed E-state index contributed by atoms with van der Waals surface area (Å²) in [4.78, 5) is 8.54. The van der Waals surface area contributed by atoms with Gasteiger partial charge in [0.05, 0.1) is 5.69 Å². The summed E-state index contributed by atoms with van der Waals surface area (Å²) in [5, 5.41) is 3.40. The van der Waals surface area contributed by atoms with Crippen LogP contribution in [-0.2, 0) is 6.54 Å². The Morgan fingerprint density at radius 2 is 2.44 bits per heavy atom. The Hall–Kier alpha value is -1.62. The lowest BCUT2D eigenvalue weighted by Crippen LogP contribution is -2.15. The molecule has 1 saturated carbocycles. The summed E-state index contributed by atoms with van der Waals surface area (Å²) in [5.74, 6) is 0.878. The molecular weight excluding hydrogens is 204 g/mol. The van der Waals surface area contributed by atoms with E-state index < -0.39 is 0 Å². The van der Waals surface area contributed by atoms with Gasteiger partial charge in [0.15, 0.2) is 0 Å². The normalized spacial score (nSPS) is 15.6. The Kier molecular flexibility index (Phi) is 2.25. The van der Waals surface area contributed by atoms with Crippen molar-refractivity contribution in [3.8, 4) is 6.01 Å². The number of hydrogen-bond donors (Lipinski definition) is 1. The predicted octanol–water partition coefficient (Wildman–Crippen LogP) is 1.42. The molecule has 84 valence electrons. The van der Waals surface area contributed by atoms with Crippen molar-refractivity contribution >= 4 is 0 Å². The summed E-state index contributed by atoms with van der Waals surface area (Å²) in [5.41, 5.74) is 0.940. The molecule has 0 atom stereocenters. The molecule has 1 fully saturated rings. The Labute approximate surface area is 93.5 Å². The van der Waals surface area contributed by atoms with Crippen molar-refractivity contribution in [3.63, 3.8) is 0 Å². The van der Waals surface area contributed by atoms with E-state index in [4.69, 9.17) is 4.42 Å². The second-order valence-corrected chi connectivity index (χ2v) is 4.12. The maximum atomic E-state index is 5.41. The molecule has 5 nitrogen and oxygen atoms in total. The van der Waals surface area contributed by atoms with E-state index in [-0.39, 0.29) is 0 Å². The van der Waals surface area contributed by atoms with Gasteiger partial charge in [-0.05, 0) is 19.8 Å². The minimum Gasteiger partial charge on any atom is -0.431 e. The molecule has 1 aliphatic carbocycles. The molecule has 2 aromatic rings. The van der Waals surface area contributed by atoms with E-state index in [0.29, 0.717) is 12.1 Å². The molecule has 0 bridgehead atoms. The molecule has 0 aliphatic heterocycles. The first kappa shape index (κ1) is 9.59. The van der Waals surface area contributed by atoms with E-state index in [1.165, 1.54) is 12.8 Å². The van der Waals surface area contributed by atoms with Gasteiger partial charge in [-0.2, -0.15) is 4.98 Å². The van der Waals surface area contributed by atoms with Gasteiger partial charge in [0.1, 0.15) is 12.1 Å². The summed E-state index contributed by atoms with van der Waals surface area (Å²) >= 11 is 0. The first-order valence-electron chi connectivity index (χ1n) is 5.51. The van der Waals surface area contributed by atoms with Gasteiger partial charge in [0.2, 0.25) is 0 Å². The molecular formula is C11H14N4O. The third-order valence-electron chi connectivity index (χ3n) is 2.72. The lowest BCUT2D eigenvalue weighted by molar-refractivity contribution is 0.522. The molecule has 0 saturated heterocycles. The quantitative estimate of drug-likeness (QED) is 0.843. The van der Waals surface area contributed by atoms with E-state index in [2.05, 4.69) is 15.3 Å². The highest BCUT2D eigenvalue weighted by molar-refractivity contribution is 5.13. The maximum Gasteiger partial charge on any atom is 0.307 e. The van der Waals surface area contributed by atoms with Crippen LogP contribution in [0.1, 0.15) is 24.4 Å². The van der Waals surface area contributed by atoms with E-state index in [1.807, 2.05) is 17.7 Å². The van der Waals surface area contributed by atoms with Crippen molar-refractivity contribution in [3.05, 3.63) is 30.2 Å². The summed E-state index contributed by atoms with van der Waals surface area (Å²) < 4.78 is 7.25. The average molecular weight is 218 g/mol. The minimum absolute atomic E-state index is 0.586. The van der Waals surface area contributed by atoms with Crippen LogP contribution in [0.15, 0.2) is 23.1 Å². The van der Waals surface area contributed by atoms with Gasteiger partial charge in [0, 0.05) is 25.0 Å². The Morgan fingerprint density at radius 3 is 3.12 bits per heavy atom. The van der Waals surface area contributed by atoms with Crippen LogP contribution in [0.25, 0.3) is 6.01 Å². The molecule has 2 aromatic heterocycles. The fraction of sp³-hybridized carbons (Fsp3) is 0.455. The number of nitrogens with one attached hydrogen (secondary N) is 1. The number of imidazole rings is 1. The molecule has 0 unspecified atom stereocenters. The van der Waals surface area contributed by atoms with Crippen LogP contribution in [0.2, 0.25) is 0 Å². The van der Waals surface area contributed by atoms with E-state index in [0.717, 1.165) is 18.1 Å². The zero-order valence-corrected chi connectivity index (χ0v) is 9.18. The van der Waals surface area contributed by atoms with Gasteiger partial charge in [-0.25, -0.2) is 4.98 Å². The number of aryl methyl sites for hydroxylation is 1. The summed E-state index contributed by atoms with van der Waals surface area (Å²) in [7, 11) is 0. The lowest BCUT2D eigenvalue weighted by atomic mass is 10.5. The zero-order valence-electron chi connectivity index (χ0n) is 9.18. The molecule has 1 N–H and O–H groups in total. The van der Waals surface area contributed by atoms with Crippen LogP contribution in [0.5, 0.6) is 0 Å². The Bertz CT molecular complexity index is 484. The number of aromatic nitrogens is 3. The van der Waals surface area contributed by atoms with E-state index in [1.54, 1.807) is 12.5 Å². The molecule has 5 heteroatoms. The van der Waals surface area contributed by atoms with Crippen LogP contribution in [0.4, 0.5) is 0 Å². The molecule has 0 spiro atoms. The third-order valence-corrected chi connectivity index (χ3v) is 2.72. The molecule has 16 heavy (non-hydrogen) atoms. The van der Waals surface area contributed by atoms with E-state index >= 15 is 0 Å². The molecule has 3 rings (SSSR count). The topological polar surface area (TPSA) is 55.9 Å². The lowest BCUT2D eigenvalue weighted by Gasteiger charge is -1.97. The number of oxazole rings is 1. The van der Waals surface area contributed by atoms with Gasteiger partial charge in [0.25, 0.3) is 0 Å². The van der Waals surface area contributed by atoms with Crippen molar-refractivity contribution < 1.29 is 4.42 Å². The molecule has 0 amide bonds. The SMILES string of the molecule is Cc1nccn1-c1nc(CNC2CC2)co1. The standard InChI is InChI=1S/C11H14N4O/c1-8-12-4-5-15(8)11-14-10(7-16-11)6-13-9-2-3-9/h4-5,7,9,13H,2-3,6H2,1H3. The largest absolute Gasteiger partial charge is 0.431 e. The second-order valence-electron chi connectivity index (χ2n) is 4.12. The smallest absolute Gasteiger partial charge is 0.307 e. The van der Waals surface area contributed by atoms with Gasteiger partial charge in [-0.3, -0.25) is 4.57 Å². The van der Waals surface area contributed by atoms with Crippen molar-refractivity contribution in [1.29, 1.82) is 0 Å². The van der Waals surface area contributed by atoms with Crippen LogP contribution in [0.3, 0.4) is 0 Å². The highest BCUT2D eigenvalue weighted by Gasteiger charge is 2.20. The minimum atomic E-state index is 0.586. The molecule has 1 aliphatic rings. The fourth-order valence-corrected chi connectivity index (χ4v) is 1.60. The number of nitrogens with zero attached hydrogens (tertiary/aromatic N) is 3. The maximum absolute atomic E-state index is 5.41. The second kappa shape index (κ2) is 3.75. The van der Waals surface area contributed by atoms with Crippen LogP contribution < -0.4 is 5.32 Å². The summed E-state index contributed by atoms with van der Waals surface area (Å²) in [6.45, 7) is 2.70. The fourth-order valence-electron chi connectivity index (χ4n) is 1.60. The highest BCUT2D eigenvalue weighted by Crippen LogP contribution is 2.19. The van der Waals surface area contributed by atoms with Gasteiger partial charge in [-0.1, -0.05) is 0 Å². The Balaban J connectivity index is 1.74. The first-order chi connectivity index (χ1) is 7.83. The first-order valence-corrected chi connectivity index (χ1v) is 5.51. The summed E-state index contributed by atoms with van der Waals surface area (Å²) in [6.07, 6.45) is 7.85. The third kappa shape index (κ3) is 1.86. The van der Waals surface area contributed by atoms with Gasteiger partial charge in [-0.15, -0.1) is 0 Å². The zero-order chi connectivity index (χ0) is 11.0. The number of rotatable bonds is 4. The predicted molar refractivity (Wildman–Crippen MR) is 58.2 cm³/mol. The molecule has 0 aromatic carbocycles. The highest BCUT2D eigenvalue weighted by atomic mass is 16.4. The van der Waals surface area contributed by atoms with Crippen LogP contribution in [0, 0.1) is 6.92 Å². The monoisotopic (exact) mass is 218 g/mol. The number of hydrogen-bond acceptors (Lipinski definition) is 4.